The number of H-pyrrole nitrogens is 1. The summed E-state index contributed by atoms with van der Waals surface area (Å²) in [6.07, 6.45) is 3.21. The molecule has 7 heteroatoms. The Bertz CT molecular complexity index is 545. The summed E-state index contributed by atoms with van der Waals surface area (Å²) in [4.78, 5) is 15.4. The Morgan fingerprint density at radius 3 is 2.82 bits per heavy atom. The van der Waals surface area contributed by atoms with Gasteiger partial charge < -0.3 is 21.2 Å². The molecule has 2 aromatic rings. The molecule has 1 unspecified atom stereocenters. The Kier molecular flexibility index (Phi) is 2.32. The van der Waals surface area contributed by atoms with Crippen molar-refractivity contribution in [3.8, 4) is 0 Å². The van der Waals surface area contributed by atoms with E-state index < -0.39 is 0 Å². The van der Waals surface area contributed by atoms with E-state index in [1.54, 1.807) is 0 Å². The normalized spacial score (nSPS) is 20.8. The Balaban J connectivity index is 2.03. The van der Waals surface area contributed by atoms with Gasteiger partial charge in [0, 0.05) is 6.61 Å². The van der Waals surface area contributed by atoms with E-state index in [0.29, 0.717) is 17.0 Å². The molecule has 0 bridgehead atoms. The molecule has 2 aromatic heterocycles. The zero-order valence-corrected chi connectivity index (χ0v) is 9.31. The van der Waals surface area contributed by atoms with Crippen LogP contribution >= 0.6 is 0 Å². The van der Waals surface area contributed by atoms with E-state index in [-0.39, 0.29) is 12.1 Å². The van der Waals surface area contributed by atoms with E-state index in [2.05, 4.69) is 19.9 Å². The average molecular weight is 234 g/mol. The van der Waals surface area contributed by atoms with Crippen LogP contribution in [0.5, 0.6) is 0 Å². The van der Waals surface area contributed by atoms with Crippen molar-refractivity contribution in [2.75, 3.05) is 18.1 Å². The number of anilines is 2. The Labute approximate surface area is 97.6 Å². The number of nitrogens with zero attached hydrogens (tertiary/aromatic N) is 3. The minimum atomic E-state index is -0.00132. The summed E-state index contributed by atoms with van der Waals surface area (Å²) in [6.45, 7) is 0.769. The first-order valence-electron chi connectivity index (χ1n) is 5.64. The fourth-order valence-corrected chi connectivity index (χ4v) is 2.06. The van der Waals surface area contributed by atoms with Crippen LogP contribution in [0.1, 0.15) is 31.2 Å². The number of nitrogen functional groups attached to an aromatic ring is 2. The highest BCUT2D eigenvalue weighted by atomic mass is 16.5. The zero-order valence-electron chi connectivity index (χ0n) is 9.31. The number of aromatic nitrogens is 4. The summed E-state index contributed by atoms with van der Waals surface area (Å²) in [5, 5.41) is 0. The molecule has 0 amide bonds. The smallest absolute Gasteiger partial charge is 0.224 e. The van der Waals surface area contributed by atoms with Gasteiger partial charge in [-0.25, -0.2) is 4.98 Å². The van der Waals surface area contributed by atoms with Gasteiger partial charge in [-0.1, -0.05) is 0 Å². The maximum Gasteiger partial charge on any atom is 0.224 e. The molecule has 1 atom stereocenters. The third kappa shape index (κ3) is 1.78. The van der Waals surface area contributed by atoms with E-state index in [1.807, 2.05) is 0 Å². The number of ether oxygens (including phenoxy) is 1. The van der Waals surface area contributed by atoms with Gasteiger partial charge in [0.2, 0.25) is 5.95 Å². The highest BCUT2D eigenvalue weighted by molar-refractivity contribution is 5.82. The third-order valence-corrected chi connectivity index (χ3v) is 2.90. The minimum absolute atomic E-state index is 0.00132. The molecule has 0 radical (unpaired) electrons. The maximum absolute atomic E-state index is 5.76. The van der Waals surface area contributed by atoms with Gasteiger partial charge in [0.05, 0.1) is 0 Å². The monoisotopic (exact) mass is 234 g/mol. The molecule has 17 heavy (non-hydrogen) atoms. The van der Waals surface area contributed by atoms with Crippen molar-refractivity contribution in [2.24, 2.45) is 0 Å². The lowest BCUT2D eigenvalue weighted by Crippen LogP contribution is -2.12. The summed E-state index contributed by atoms with van der Waals surface area (Å²) in [6, 6.07) is 0. The largest absolute Gasteiger partial charge is 0.382 e. The van der Waals surface area contributed by atoms with Crippen molar-refractivity contribution < 1.29 is 4.74 Å². The Morgan fingerprint density at radius 2 is 2.06 bits per heavy atom. The van der Waals surface area contributed by atoms with E-state index in [1.165, 1.54) is 0 Å². The van der Waals surface area contributed by atoms with Gasteiger partial charge in [0.25, 0.3) is 0 Å². The number of fused-ring (bicyclic) bond motifs is 1. The fourth-order valence-electron chi connectivity index (χ4n) is 2.06. The predicted molar refractivity (Wildman–Crippen MR) is 63.1 cm³/mol. The maximum atomic E-state index is 5.76. The van der Waals surface area contributed by atoms with E-state index in [9.17, 15) is 0 Å². The SMILES string of the molecule is Nc1nc(N)c2[nH]c(C3CCCCO3)nc2n1. The lowest BCUT2D eigenvalue weighted by atomic mass is 10.1. The molecule has 7 nitrogen and oxygen atoms in total. The highest BCUT2D eigenvalue weighted by Gasteiger charge is 2.20. The van der Waals surface area contributed by atoms with Crippen molar-refractivity contribution in [2.45, 2.75) is 25.4 Å². The van der Waals surface area contributed by atoms with Gasteiger partial charge in [-0.3, -0.25) is 0 Å². The van der Waals surface area contributed by atoms with E-state index in [4.69, 9.17) is 16.2 Å². The van der Waals surface area contributed by atoms with Crippen molar-refractivity contribution in [1.82, 2.24) is 19.9 Å². The van der Waals surface area contributed by atoms with Gasteiger partial charge in [-0.2, -0.15) is 9.97 Å². The quantitative estimate of drug-likeness (QED) is 0.670. The standard InChI is InChI=1S/C10H14N6O/c11-7-6-9(16-10(12)14-7)15-8(13-6)5-3-1-2-4-17-5/h5H,1-4H2,(H5,11,12,13,14,15,16). The number of hydrogen-bond donors (Lipinski definition) is 3. The zero-order chi connectivity index (χ0) is 11.8. The van der Waals surface area contributed by atoms with Gasteiger partial charge >= 0.3 is 0 Å². The third-order valence-electron chi connectivity index (χ3n) is 2.90. The van der Waals surface area contributed by atoms with Crippen molar-refractivity contribution in [1.29, 1.82) is 0 Å². The summed E-state index contributed by atoms with van der Waals surface area (Å²) in [5.74, 6) is 1.21. The van der Waals surface area contributed by atoms with Gasteiger partial charge in [0.15, 0.2) is 11.5 Å². The molecule has 5 N–H and O–H groups in total. The van der Waals surface area contributed by atoms with Gasteiger partial charge in [0.1, 0.15) is 17.4 Å². The van der Waals surface area contributed by atoms with E-state index in [0.717, 1.165) is 31.7 Å². The van der Waals surface area contributed by atoms with Crippen molar-refractivity contribution >= 4 is 22.9 Å². The second-order valence-corrected chi connectivity index (χ2v) is 4.14. The molecule has 1 saturated heterocycles. The van der Waals surface area contributed by atoms with Crippen LogP contribution in [0, 0.1) is 0 Å². The minimum Gasteiger partial charge on any atom is -0.382 e. The summed E-state index contributed by atoms with van der Waals surface area (Å²) < 4.78 is 5.65. The fraction of sp³-hybridized carbons (Fsp3) is 0.500. The average Bonchev–Trinajstić information content (AvgIpc) is 2.74. The first-order chi connectivity index (χ1) is 8.24. The first-order valence-corrected chi connectivity index (χ1v) is 5.64. The van der Waals surface area contributed by atoms with E-state index >= 15 is 0 Å². The number of imidazole rings is 1. The lowest BCUT2D eigenvalue weighted by molar-refractivity contribution is 0.0101. The number of nitrogens with one attached hydrogen (secondary N) is 1. The molecule has 1 aliphatic heterocycles. The van der Waals surface area contributed by atoms with Crippen LogP contribution in [0.3, 0.4) is 0 Å². The molecule has 0 aliphatic carbocycles. The van der Waals surface area contributed by atoms with Crippen molar-refractivity contribution in [3.63, 3.8) is 0 Å². The van der Waals surface area contributed by atoms with Crippen LogP contribution in [0.25, 0.3) is 11.2 Å². The van der Waals surface area contributed by atoms with Gasteiger partial charge in [-0.15, -0.1) is 0 Å². The predicted octanol–water partition coefficient (Wildman–Crippen LogP) is 0.759. The van der Waals surface area contributed by atoms with Crippen LogP contribution < -0.4 is 11.5 Å². The Hall–Kier alpha value is -1.89. The molecule has 90 valence electrons. The molecular weight excluding hydrogens is 220 g/mol. The second kappa shape index (κ2) is 3.85. The molecule has 0 spiro atoms. The lowest BCUT2D eigenvalue weighted by Gasteiger charge is -2.20. The van der Waals surface area contributed by atoms with Crippen LogP contribution in [0.4, 0.5) is 11.8 Å². The first kappa shape index (κ1) is 10.3. The number of rotatable bonds is 1. The van der Waals surface area contributed by atoms with Crippen LogP contribution in [-0.4, -0.2) is 26.5 Å². The topological polar surface area (TPSA) is 116 Å². The molecule has 3 heterocycles. The molecular formula is C10H14N6O. The molecule has 0 aromatic carbocycles. The molecule has 0 saturated carbocycles. The van der Waals surface area contributed by atoms with Crippen LogP contribution in [0.15, 0.2) is 0 Å². The van der Waals surface area contributed by atoms with Crippen LogP contribution in [-0.2, 0) is 4.74 Å². The number of nitrogens with two attached hydrogens (primary N) is 2. The molecule has 3 rings (SSSR count). The highest BCUT2D eigenvalue weighted by Crippen LogP contribution is 2.28. The Morgan fingerprint density at radius 1 is 1.18 bits per heavy atom. The van der Waals surface area contributed by atoms with Crippen molar-refractivity contribution in [3.05, 3.63) is 5.82 Å². The molecule has 1 fully saturated rings. The molecule has 1 aliphatic rings. The summed E-state index contributed by atoms with van der Waals surface area (Å²) >= 11 is 0. The number of hydrogen-bond acceptors (Lipinski definition) is 6. The summed E-state index contributed by atoms with van der Waals surface area (Å²) in [5.41, 5.74) is 12.4. The number of aromatic amines is 1. The second-order valence-electron chi connectivity index (χ2n) is 4.14. The van der Waals surface area contributed by atoms with Crippen LogP contribution in [0.2, 0.25) is 0 Å². The van der Waals surface area contributed by atoms with Gasteiger partial charge in [-0.05, 0) is 19.3 Å². The summed E-state index contributed by atoms with van der Waals surface area (Å²) in [7, 11) is 0.